The summed E-state index contributed by atoms with van der Waals surface area (Å²) in [6, 6.07) is 8.64. The molecule has 2 atom stereocenters. The number of nitrogens with zero attached hydrogens (tertiary/aromatic N) is 1. The number of hydrogen-bond donors (Lipinski definition) is 1. The summed E-state index contributed by atoms with van der Waals surface area (Å²) in [4.78, 5) is 2.27. The zero-order chi connectivity index (χ0) is 15.1. The zero-order valence-corrected chi connectivity index (χ0v) is 13.4. The van der Waals surface area contributed by atoms with Crippen LogP contribution in [0.5, 0.6) is 0 Å². The summed E-state index contributed by atoms with van der Waals surface area (Å²) < 4.78 is 23.5. The third kappa shape index (κ3) is 2.74. The molecule has 1 heterocycles. The van der Waals surface area contributed by atoms with Crippen LogP contribution < -0.4 is 5.73 Å². The van der Waals surface area contributed by atoms with Gasteiger partial charge in [-0.25, -0.2) is 8.42 Å². The van der Waals surface area contributed by atoms with Gasteiger partial charge in [0.25, 0.3) is 0 Å². The molecule has 0 bridgehead atoms. The Bertz CT molecular complexity index is 629. The molecule has 2 N–H and O–H groups in total. The molecule has 1 saturated heterocycles. The Morgan fingerprint density at radius 2 is 2.05 bits per heavy atom. The van der Waals surface area contributed by atoms with E-state index < -0.39 is 9.84 Å². The van der Waals surface area contributed by atoms with Gasteiger partial charge in [-0.05, 0) is 43.9 Å². The van der Waals surface area contributed by atoms with E-state index in [0.29, 0.717) is 12.3 Å². The minimum Gasteiger partial charge on any atom is -0.329 e. The Balaban J connectivity index is 1.85. The molecule has 1 aromatic carbocycles. The van der Waals surface area contributed by atoms with Gasteiger partial charge in [0, 0.05) is 18.1 Å². The molecule has 1 aromatic rings. The van der Waals surface area contributed by atoms with E-state index in [1.807, 2.05) is 0 Å². The van der Waals surface area contributed by atoms with Crippen molar-refractivity contribution in [3.63, 3.8) is 0 Å². The molecule has 2 aliphatic rings. The first kappa shape index (κ1) is 15.0. The minimum absolute atomic E-state index is 0.0983. The third-order valence-electron chi connectivity index (χ3n) is 5.38. The van der Waals surface area contributed by atoms with Crippen LogP contribution in [-0.4, -0.2) is 50.0 Å². The second-order valence-electron chi connectivity index (χ2n) is 6.54. The van der Waals surface area contributed by atoms with Gasteiger partial charge in [-0.3, -0.25) is 4.90 Å². The molecule has 5 heteroatoms. The van der Waals surface area contributed by atoms with Gasteiger partial charge >= 0.3 is 0 Å². The van der Waals surface area contributed by atoms with Crippen molar-refractivity contribution < 1.29 is 8.42 Å². The lowest BCUT2D eigenvalue weighted by atomic mass is 9.76. The first-order valence-corrected chi connectivity index (χ1v) is 9.48. The Labute approximate surface area is 127 Å². The zero-order valence-electron chi connectivity index (χ0n) is 12.6. The molecule has 21 heavy (non-hydrogen) atoms. The predicted molar refractivity (Wildman–Crippen MR) is 85.1 cm³/mol. The van der Waals surface area contributed by atoms with Crippen molar-refractivity contribution in [1.29, 1.82) is 0 Å². The van der Waals surface area contributed by atoms with Crippen LogP contribution in [0, 0.1) is 0 Å². The highest BCUT2D eigenvalue weighted by Crippen LogP contribution is 2.35. The van der Waals surface area contributed by atoms with Crippen molar-refractivity contribution in [2.24, 2.45) is 5.73 Å². The number of fused-ring (bicyclic) bond motifs is 1. The van der Waals surface area contributed by atoms with E-state index in [9.17, 15) is 8.42 Å². The van der Waals surface area contributed by atoms with Gasteiger partial charge in [-0.2, -0.15) is 0 Å². The Morgan fingerprint density at radius 3 is 2.67 bits per heavy atom. The molecule has 4 nitrogen and oxygen atoms in total. The highest BCUT2D eigenvalue weighted by molar-refractivity contribution is 7.91. The summed E-state index contributed by atoms with van der Waals surface area (Å²) >= 11 is 0. The van der Waals surface area contributed by atoms with Crippen LogP contribution >= 0.6 is 0 Å². The lowest BCUT2D eigenvalue weighted by molar-refractivity contribution is 0.0734. The summed E-state index contributed by atoms with van der Waals surface area (Å²) in [5.41, 5.74) is 8.82. The molecule has 0 saturated carbocycles. The van der Waals surface area contributed by atoms with E-state index in [1.54, 1.807) is 0 Å². The fourth-order valence-corrected chi connectivity index (χ4v) is 5.65. The largest absolute Gasteiger partial charge is 0.329 e. The van der Waals surface area contributed by atoms with Gasteiger partial charge in [0.15, 0.2) is 9.84 Å². The lowest BCUT2D eigenvalue weighted by Gasteiger charge is -2.47. The SMILES string of the molecule is CN(C1CCS(=O)(=O)C1)C1(CN)CCc2ccccc2C1. The average Bonchev–Trinajstić information content (AvgIpc) is 2.86. The van der Waals surface area contributed by atoms with E-state index in [0.717, 1.165) is 25.7 Å². The van der Waals surface area contributed by atoms with E-state index in [4.69, 9.17) is 5.73 Å². The molecule has 1 fully saturated rings. The first-order valence-electron chi connectivity index (χ1n) is 7.66. The van der Waals surface area contributed by atoms with Gasteiger partial charge in [-0.1, -0.05) is 24.3 Å². The van der Waals surface area contributed by atoms with E-state index in [2.05, 4.69) is 36.2 Å². The highest BCUT2D eigenvalue weighted by Gasteiger charge is 2.42. The highest BCUT2D eigenvalue weighted by atomic mass is 32.2. The number of sulfone groups is 1. The fourth-order valence-electron chi connectivity index (χ4n) is 3.87. The van der Waals surface area contributed by atoms with Crippen molar-refractivity contribution in [2.75, 3.05) is 25.1 Å². The van der Waals surface area contributed by atoms with E-state index in [-0.39, 0.29) is 17.3 Å². The number of rotatable bonds is 3. The molecule has 0 aromatic heterocycles. The molecular weight excluding hydrogens is 284 g/mol. The molecule has 0 radical (unpaired) electrons. The van der Waals surface area contributed by atoms with Gasteiger partial charge in [-0.15, -0.1) is 0 Å². The van der Waals surface area contributed by atoms with Crippen molar-refractivity contribution in [3.05, 3.63) is 35.4 Å². The molecule has 0 spiro atoms. The van der Waals surface area contributed by atoms with Crippen LogP contribution in [0.1, 0.15) is 24.0 Å². The quantitative estimate of drug-likeness (QED) is 0.904. The summed E-state index contributed by atoms with van der Waals surface area (Å²) in [6.07, 6.45) is 3.69. The smallest absolute Gasteiger partial charge is 0.151 e. The van der Waals surface area contributed by atoms with Crippen molar-refractivity contribution in [2.45, 2.75) is 37.3 Å². The number of nitrogens with two attached hydrogens (primary N) is 1. The number of hydrogen-bond acceptors (Lipinski definition) is 4. The third-order valence-corrected chi connectivity index (χ3v) is 7.13. The van der Waals surface area contributed by atoms with Crippen LogP contribution in [0.2, 0.25) is 0 Å². The number of benzene rings is 1. The lowest BCUT2D eigenvalue weighted by Crippen LogP contribution is -2.59. The topological polar surface area (TPSA) is 63.4 Å². The van der Waals surface area contributed by atoms with Gasteiger partial charge in [0.2, 0.25) is 0 Å². The standard InChI is InChI=1S/C16H24N2O2S/c1-18(15-7-9-21(19,20)11-15)16(12-17)8-6-13-4-2-3-5-14(13)10-16/h2-5,15H,6-12,17H2,1H3. The summed E-state index contributed by atoms with van der Waals surface area (Å²) in [5.74, 6) is 0.603. The molecule has 0 amide bonds. The average molecular weight is 308 g/mol. The Morgan fingerprint density at radius 1 is 1.33 bits per heavy atom. The molecule has 3 rings (SSSR count). The van der Waals surface area contributed by atoms with Crippen molar-refractivity contribution in [3.8, 4) is 0 Å². The maximum atomic E-state index is 11.8. The summed E-state index contributed by atoms with van der Waals surface area (Å²) in [5, 5.41) is 0. The van der Waals surface area contributed by atoms with Crippen LogP contribution in [0.15, 0.2) is 24.3 Å². The van der Waals surface area contributed by atoms with Crippen LogP contribution in [0.4, 0.5) is 0 Å². The van der Waals surface area contributed by atoms with Gasteiger partial charge < -0.3 is 5.73 Å². The summed E-state index contributed by atoms with van der Waals surface area (Å²) in [6.45, 7) is 0.578. The van der Waals surface area contributed by atoms with Crippen LogP contribution in [0.25, 0.3) is 0 Å². The molecule has 1 aliphatic carbocycles. The van der Waals surface area contributed by atoms with E-state index in [1.165, 1.54) is 11.1 Å². The van der Waals surface area contributed by atoms with E-state index >= 15 is 0 Å². The molecular formula is C16H24N2O2S. The normalized spacial score (nSPS) is 31.3. The van der Waals surface area contributed by atoms with Crippen molar-refractivity contribution >= 4 is 9.84 Å². The molecule has 1 aliphatic heterocycles. The number of aryl methyl sites for hydroxylation is 1. The predicted octanol–water partition coefficient (Wildman–Crippen LogP) is 0.992. The van der Waals surface area contributed by atoms with Crippen LogP contribution in [0.3, 0.4) is 0 Å². The second-order valence-corrected chi connectivity index (χ2v) is 8.77. The van der Waals surface area contributed by atoms with Crippen molar-refractivity contribution in [1.82, 2.24) is 4.90 Å². The fraction of sp³-hybridized carbons (Fsp3) is 0.625. The first-order chi connectivity index (χ1) is 9.96. The second kappa shape index (κ2) is 5.38. The molecule has 2 unspecified atom stereocenters. The van der Waals surface area contributed by atoms with Crippen LogP contribution in [-0.2, 0) is 22.7 Å². The maximum absolute atomic E-state index is 11.8. The summed E-state index contributed by atoms with van der Waals surface area (Å²) in [7, 11) is -0.795. The molecule has 116 valence electrons. The minimum atomic E-state index is -2.86. The van der Waals surface area contributed by atoms with Gasteiger partial charge in [0.05, 0.1) is 11.5 Å². The maximum Gasteiger partial charge on any atom is 0.151 e. The number of likely N-dealkylation sites (N-methyl/N-ethyl adjacent to an activating group) is 1. The Kier molecular flexibility index (Phi) is 3.84. The van der Waals surface area contributed by atoms with Gasteiger partial charge in [0.1, 0.15) is 0 Å². The Hall–Kier alpha value is -0.910. The monoisotopic (exact) mass is 308 g/mol.